The molecule has 0 bridgehead atoms. The van der Waals surface area contributed by atoms with Crippen molar-refractivity contribution in [1.29, 1.82) is 0 Å². The van der Waals surface area contributed by atoms with Crippen molar-refractivity contribution >= 4 is 5.91 Å². The van der Waals surface area contributed by atoms with E-state index in [1.807, 2.05) is 6.92 Å². The van der Waals surface area contributed by atoms with Gasteiger partial charge in [0.2, 0.25) is 5.91 Å². The molecule has 1 aromatic rings. The van der Waals surface area contributed by atoms with Crippen molar-refractivity contribution in [2.75, 3.05) is 19.8 Å². The SMILES string of the molecule is C[C@@H](c1ccc(C(F)(F)F)cc1)N1NC(CF)C2C(=O)NC(N3CCC3)NC21. The summed E-state index contributed by atoms with van der Waals surface area (Å²) in [6.45, 7) is 2.83. The molecular weight excluding hydrogens is 378 g/mol. The van der Waals surface area contributed by atoms with E-state index in [9.17, 15) is 22.4 Å². The van der Waals surface area contributed by atoms with Crippen molar-refractivity contribution < 1.29 is 22.4 Å². The number of hydrogen-bond acceptors (Lipinski definition) is 5. The zero-order chi connectivity index (χ0) is 20.1. The number of carbonyl (C=O) groups is 1. The number of alkyl halides is 4. The summed E-state index contributed by atoms with van der Waals surface area (Å²) in [4.78, 5) is 14.7. The largest absolute Gasteiger partial charge is 0.416 e. The highest BCUT2D eigenvalue weighted by Gasteiger charge is 2.52. The molecule has 0 saturated carbocycles. The van der Waals surface area contributed by atoms with E-state index in [2.05, 4.69) is 21.0 Å². The van der Waals surface area contributed by atoms with Gasteiger partial charge in [-0.2, -0.15) is 13.2 Å². The molecule has 4 rings (SSSR count). The minimum absolute atomic E-state index is 0.224. The monoisotopic (exact) mass is 401 g/mol. The second-order valence-electron chi connectivity index (χ2n) is 7.53. The molecule has 28 heavy (non-hydrogen) atoms. The third-order valence-corrected chi connectivity index (χ3v) is 5.86. The van der Waals surface area contributed by atoms with E-state index >= 15 is 0 Å². The standard InChI is InChI=1S/C18H23F4N5O/c1-10(11-3-5-12(6-4-11)18(20,21)22)27-15-14(13(9-19)25-27)16(28)24-17(23-15)26-7-2-8-26/h3-6,10,13-15,17,23,25H,2,7-9H2,1H3,(H,24,28)/t10-,13?,14?,15?,17?/m0/s1. The maximum Gasteiger partial charge on any atom is 0.416 e. The fourth-order valence-corrected chi connectivity index (χ4v) is 4.08. The fraction of sp³-hybridized carbons (Fsp3) is 0.611. The lowest BCUT2D eigenvalue weighted by atomic mass is 9.95. The lowest BCUT2D eigenvalue weighted by molar-refractivity contribution is -0.138. The van der Waals surface area contributed by atoms with Crippen molar-refractivity contribution in [1.82, 2.24) is 26.0 Å². The quantitative estimate of drug-likeness (QED) is 0.669. The number of fused-ring (bicyclic) bond motifs is 1. The van der Waals surface area contributed by atoms with E-state index in [1.54, 1.807) is 5.01 Å². The van der Waals surface area contributed by atoms with Crippen LogP contribution in [0.25, 0.3) is 0 Å². The zero-order valence-electron chi connectivity index (χ0n) is 15.3. The average Bonchev–Trinajstić information content (AvgIpc) is 2.98. The lowest BCUT2D eigenvalue weighted by Gasteiger charge is -2.46. The van der Waals surface area contributed by atoms with Gasteiger partial charge in [0.15, 0.2) is 0 Å². The van der Waals surface area contributed by atoms with Crippen LogP contribution >= 0.6 is 0 Å². The predicted octanol–water partition coefficient (Wildman–Crippen LogP) is 1.58. The first-order valence-electron chi connectivity index (χ1n) is 9.37. The first-order chi connectivity index (χ1) is 13.3. The van der Waals surface area contributed by atoms with E-state index in [0.29, 0.717) is 5.56 Å². The highest BCUT2D eigenvalue weighted by molar-refractivity contribution is 5.81. The second kappa shape index (κ2) is 7.25. The zero-order valence-corrected chi connectivity index (χ0v) is 15.3. The Morgan fingerprint density at radius 3 is 2.43 bits per heavy atom. The maximum atomic E-state index is 13.6. The average molecular weight is 401 g/mol. The summed E-state index contributed by atoms with van der Waals surface area (Å²) in [5.41, 5.74) is 2.97. The summed E-state index contributed by atoms with van der Waals surface area (Å²) in [6.07, 6.45) is -4.13. The highest BCUT2D eigenvalue weighted by Crippen LogP contribution is 2.34. The van der Waals surface area contributed by atoms with Crippen molar-refractivity contribution in [3.05, 3.63) is 35.4 Å². The van der Waals surface area contributed by atoms with Gasteiger partial charge in [0, 0.05) is 19.1 Å². The van der Waals surface area contributed by atoms with Crippen LogP contribution in [0.3, 0.4) is 0 Å². The Morgan fingerprint density at radius 2 is 1.89 bits per heavy atom. The molecule has 3 aliphatic rings. The predicted molar refractivity (Wildman–Crippen MR) is 93.1 cm³/mol. The molecule has 3 heterocycles. The van der Waals surface area contributed by atoms with Gasteiger partial charge in [-0.25, -0.2) is 14.8 Å². The van der Waals surface area contributed by atoms with Gasteiger partial charge in [-0.3, -0.25) is 15.0 Å². The van der Waals surface area contributed by atoms with Crippen LogP contribution in [0, 0.1) is 5.92 Å². The Balaban J connectivity index is 1.56. The Morgan fingerprint density at radius 1 is 1.21 bits per heavy atom. The molecule has 5 atom stereocenters. The summed E-state index contributed by atoms with van der Waals surface area (Å²) in [6, 6.07) is 3.87. The van der Waals surface area contributed by atoms with Gasteiger partial charge >= 0.3 is 6.18 Å². The van der Waals surface area contributed by atoms with Crippen LogP contribution in [-0.2, 0) is 11.0 Å². The minimum atomic E-state index is -4.40. The molecule has 0 radical (unpaired) electrons. The van der Waals surface area contributed by atoms with E-state index in [0.717, 1.165) is 31.6 Å². The van der Waals surface area contributed by atoms with E-state index in [1.165, 1.54) is 12.1 Å². The van der Waals surface area contributed by atoms with Gasteiger partial charge in [0.25, 0.3) is 0 Å². The number of carbonyl (C=O) groups excluding carboxylic acids is 1. The third-order valence-electron chi connectivity index (χ3n) is 5.86. The Kier molecular flexibility index (Phi) is 5.07. The first-order valence-corrected chi connectivity index (χ1v) is 9.37. The van der Waals surface area contributed by atoms with Crippen LogP contribution in [0.2, 0.25) is 0 Å². The molecule has 0 spiro atoms. The second-order valence-corrected chi connectivity index (χ2v) is 7.53. The van der Waals surface area contributed by atoms with Crippen LogP contribution in [0.5, 0.6) is 0 Å². The van der Waals surface area contributed by atoms with Crippen LogP contribution < -0.4 is 16.1 Å². The Bertz CT molecular complexity index is 724. The smallest absolute Gasteiger partial charge is 0.327 e. The number of nitrogens with zero attached hydrogens (tertiary/aromatic N) is 2. The molecule has 3 aliphatic heterocycles. The number of hydrazine groups is 1. The normalized spacial score (nSPS) is 32.5. The van der Waals surface area contributed by atoms with Gasteiger partial charge in [-0.1, -0.05) is 12.1 Å². The number of nitrogens with one attached hydrogen (secondary N) is 3. The molecule has 3 fully saturated rings. The van der Waals surface area contributed by atoms with Crippen LogP contribution in [0.4, 0.5) is 17.6 Å². The van der Waals surface area contributed by atoms with Crippen molar-refractivity contribution in [2.24, 2.45) is 5.92 Å². The molecule has 3 saturated heterocycles. The molecule has 0 aromatic heterocycles. The van der Waals surface area contributed by atoms with Gasteiger partial charge < -0.3 is 5.32 Å². The maximum absolute atomic E-state index is 13.6. The van der Waals surface area contributed by atoms with Gasteiger partial charge in [0.1, 0.15) is 13.0 Å². The summed E-state index contributed by atoms with van der Waals surface area (Å²) in [7, 11) is 0. The van der Waals surface area contributed by atoms with Crippen LogP contribution in [0.15, 0.2) is 24.3 Å². The van der Waals surface area contributed by atoms with E-state index in [-0.39, 0.29) is 18.2 Å². The fourth-order valence-electron chi connectivity index (χ4n) is 4.08. The molecule has 3 N–H and O–H groups in total. The van der Waals surface area contributed by atoms with Gasteiger partial charge in [-0.05, 0) is 31.0 Å². The number of rotatable bonds is 4. The topological polar surface area (TPSA) is 59.6 Å². The molecular formula is C18H23F4N5O. The number of hydrogen-bond donors (Lipinski definition) is 3. The summed E-state index contributed by atoms with van der Waals surface area (Å²) >= 11 is 0. The molecule has 10 heteroatoms. The molecule has 0 aliphatic carbocycles. The van der Waals surface area contributed by atoms with Crippen molar-refractivity contribution in [3.8, 4) is 0 Å². The summed E-state index contributed by atoms with van der Waals surface area (Å²) in [5, 5.41) is 8.01. The molecule has 4 unspecified atom stereocenters. The number of benzene rings is 1. The van der Waals surface area contributed by atoms with Crippen LogP contribution in [0.1, 0.15) is 30.5 Å². The Hall–Kier alpha value is -1.75. The molecule has 154 valence electrons. The highest BCUT2D eigenvalue weighted by atomic mass is 19.4. The molecule has 6 nitrogen and oxygen atoms in total. The van der Waals surface area contributed by atoms with Gasteiger partial charge in [-0.15, -0.1) is 0 Å². The number of likely N-dealkylation sites (tertiary alicyclic amines) is 1. The van der Waals surface area contributed by atoms with Crippen molar-refractivity contribution in [3.63, 3.8) is 0 Å². The van der Waals surface area contributed by atoms with Crippen LogP contribution in [-0.4, -0.2) is 54.1 Å². The Labute approximate surface area is 160 Å². The van der Waals surface area contributed by atoms with E-state index < -0.39 is 36.5 Å². The number of amides is 1. The van der Waals surface area contributed by atoms with Crippen molar-refractivity contribution in [2.45, 2.75) is 44.1 Å². The minimum Gasteiger partial charge on any atom is -0.327 e. The summed E-state index contributed by atoms with van der Waals surface area (Å²) in [5.74, 6) is -0.850. The van der Waals surface area contributed by atoms with Gasteiger partial charge in [0.05, 0.1) is 23.7 Å². The third kappa shape index (κ3) is 3.38. The van der Waals surface area contributed by atoms with E-state index in [4.69, 9.17) is 0 Å². The summed E-state index contributed by atoms with van der Waals surface area (Å²) < 4.78 is 52.0. The first kappa shape index (κ1) is 19.6. The lowest BCUT2D eigenvalue weighted by Crippen LogP contribution is -2.71. The molecule has 1 amide bonds. The molecule has 1 aromatic carbocycles. The number of halogens is 4.